The molecule has 0 bridgehead atoms. The van der Waals surface area contributed by atoms with Crippen LogP contribution in [0, 0.1) is 17.0 Å². The van der Waals surface area contributed by atoms with Crippen LogP contribution in [-0.4, -0.2) is 12.0 Å². The van der Waals surface area contributed by atoms with E-state index < -0.39 is 4.92 Å². The van der Waals surface area contributed by atoms with Crippen LogP contribution in [0.1, 0.15) is 11.1 Å². The second-order valence-corrected chi connectivity index (χ2v) is 4.50. The van der Waals surface area contributed by atoms with Gasteiger partial charge in [0.2, 0.25) is 5.75 Å². The summed E-state index contributed by atoms with van der Waals surface area (Å²) in [6.45, 7) is 2.23. The zero-order chi connectivity index (χ0) is 15.4. The molecule has 0 aromatic heterocycles. The van der Waals surface area contributed by atoms with Crippen LogP contribution in [0.2, 0.25) is 0 Å². The van der Waals surface area contributed by atoms with Gasteiger partial charge in [0.1, 0.15) is 11.5 Å². The standard InChI is InChI=1S/C15H16N2O4/c1-10-3-4-11(9-16)7-14(10)21-15-8-12(20-2)5-6-13(15)17(18)19/h3-8H,9,16H2,1-2H3. The molecule has 0 fully saturated rings. The molecule has 0 aliphatic carbocycles. The Labute approximate surface area is 122 Å². The maximum atomic E-state index is 11.1. The number of methoxy groups -OCH3 is 1. The van der Waals surface area contributed by atoms with Crippen molar-refractivity contribution < 1.29 is 14.4 Å². The Bertz CT molecular complexity index is 671. The van der Waals surface area contributed by atoms with E-state index in [4.69, 9.17) is 15.2 Å². The Kier molecular flexibility index (Phi) is 4.39. The first-order chi connectivity index (χ1) is 10.0. The number of hydrogen-bond acceptors (Lipinski definition) is 5. The highest BCUT2D eigenvalue weighted by Crippen LogP contribution is 2.36. The van der Waals surface area contributed by atoms with Gasteiger partial charge in [0.05, 0.1) is 12.0 Å². The minimum atomic E-state index is -0.489. The van der Waals surface area contributed by atoms with E-state index in [1.165, 1.54) is 25.3 Å². The highest BCUT2D eigenvalue weighted by Gasteiger charge is 2.17. The van der Waals surface area contributed by atoms with Gasteiger partial charge < -0.3 is 15.2 Å². The number of aryl methyl sites for hydroxylation is 1. The normalized spacial score (nSPS) is 10.2. The molecule has 2 rings (SSSR count). The number of rotatable bonds is 5. The molecule has 0 spiro atoms. The quantitative estimate of drug-likeness (QED) is 0.674. The number of nitrogens with two attached hydrogens (primary N) is 1. The van der Waals surface area contributed by atoms with Crippen molar-refractivity contribution in [3.05, 3.63) is 57.6 Å². The Morgan fingerprint density at radius 3 is 2.57 bits per heavy atom. The van der Waals surface area contributed by atoms with Crippen LogP contribution in [0.25, 0.3) is 0 Å². The van der Waals surface area contributed by atoms with Gasteiger partial charge in [0.25, 0.3) is 0 Å². The van der Waals surface area contributed by atoms with Gasteiger partial charge in [0.15, 0.2) is 0 Å². The molecule has 0 amide bonds. The second-order valence-electron chi connectivity index (χ2n) is 4.50. The minimum absolute atomic E-state index is 0.117. The molecule has 0 aliphatic rings. The molecule has 6 nitrogen and oxygen atoms in total. The zero-order valence-electron chi connectivity index (χ0n) is 11.8. The van der Waals surface area contributed by atoms with Gasteiger partial charge in [-0.1, -0.05) is 12.1 Å². The summed E-state index contributed by atoms with van der Waals surface area (Å²) in [4.78, 5) is 10.6. The van der Waals surface area contributed by atoms with Crippen LogP contribution in [-0.2, 0) is 6.54 Å². The fraction of sp³-hybridized carbons (Fsp3) is 0.200. The first-order valence-electron chi connectivity index (χ1n) is 6.35. The van der Waals surface area contributed by atoms with Crippen molar-refractivity contribution in [2.24, 2.45) is 5.73 Å². The fourth-order valence-corrected chi connectivity index (χ4v) is 1.85. The molecular weight excluding hydrogens is 272 g/mol. The van der Waals surface area contributed by atoms with E-state index in [9.17, 15) is 10.1 Å². The van der Waals surface area contributed by atoms with Crippen LogP contribution in [0.3, 0.4) is 0 Å². The van der Waals surface area contributed by atoms with Crippen LogP contribution in [0.5, 0.6) is 17.2 Å². The summed E-state index contributed by atoms with van der Waals surface area (Å²) in [5.41, 5.74) is 7.24. The highest BCUT2D eigenvalue weighted by atomic mass is 16.6. The minimum Gasteiger partial charge on any atom is -0.497 e. The number of nitro groups is 1. The summed E-state index contributed by atoms with van der Waals surface area (Å²) >= 11 is 0. The summed E-state index contributed by atoms with van der Waals surface area (Å²) in [6, 6.07) is 9.90. The number of benzene rings is 2. The van der Waals surface area contributed by atoms with Crippen LogP contribution >= 0.6 is 0 Å². The van der Waals surface area contributed by atoms with Crippen molar-refractivity contribution >= 4 is 5.69 Å². The summed E-state index contributed by atoms with van der Waals surface area (Å²) in [6.07, 6.45) is 0. The fourth-order valence-electron chi connectivity index (χ4n) is 1.85. The molecule has 2 aromatic rings. The molecule has 2 aromatic carbocycles. The van der Waals surface area contributed by atoms with E-state index in [-0.39, 0.29) is 11.4 Å². The molecule has 2 N–H and O–H groups in total. The Hall–Kier alpha value is -2.60. The van der Waals surface area contributed by atoms with E-state index in [1.54, 1.807) is 6.07 Å². The first-order valence-corrected chi connectivity index (χ1v) is 6.35. The predicted octanol–water partition coefficient (Wildman–Crippen LogP) is 3.16. The molecule has 21 heavy (non-hydrogen) atoms. The molecule has 0 aliphatic heterocycles. The highest BCUT2D eigenvalue weighted by molar-refractivity contribution is 5.53. The molecule has 0 saturated heterocycles. The van der Waals surface area contributed by atoms with Gasteiger partial charge in [-0.2, -0.15) is 0 Å². The molecule has 6 heteroatoms. The number of nitro benzene ring substituents is 1. The van der Waals surface area contributed by atoms with Crippen LogP contribution in [0.4, 0.5) is 5.69 Å². The Morgan fingerprint density at radius 2 is 1.95 bits per heavy atom. The Balaban J connectivity index is 2.44. The van der Waals surface area contributed by atoms with E-state index in [0.29, 0.717) is 18.0 Å². The van der Waals surface area contributed by atoms with Crippen LogP contribution < -0.4 is 15.2 Å². The Morgan fingerprint density at radius 1 is 1.19 bits per heavy atom. The molecule has 0 radical (unpaired) electrons. The average molecular weight is 288 g/mol. The lowest BCUT2D eigenvalue weighted by Crippen LogP contribution is -1.99. The first kappa shape index (κ1) is 14.8. The van der Waals surface area contributed by atoms with E-state index in [0.717, 1.165) is 11.1 Å². The summed E-state index contributed by atoms with van der Waals surface area (Å²) in [7, 11) is 1.49. The molecule has 110 valence electrons. The van der Waals surface area contributed by atoms with Gasteiger partial charge in [-0.05, 0) is 30.2 Å². The van der Waals surface area contributed by atoms with Gasteiger partial charge in [-0.15, -0.1) is 0 Å². The lowest BCUT2D eigenvalue weighted by atomic mass is 10.1. The molecule has 0 saturated carbocycles. The lowest BCUT2D eigenvalue weighted by Gasteiger charge is -2.11. The summed E-state index contributed by atoms with van der Waals surface area (Å²) < 4.78 is 10.8. The third kappa shape index (κ3) is 3.29. The van der Waals surface area contributed by atoms with Gasteiger partial charge in [0, 0.05) is 18.7 Å². The molecule has 0 atom stereocenters. The molecule has 0 unspecified atom stereocenters. The average Bonchev–Trinajstić information content (AvgIpc) is 2.49. The number of nitrogens with zero attached hydrogens (tertiary/aromatic N) is 1. The van der Waals surface area contributed by atoms with E-state index in [1.807, 2.05) is 19.1 Å². The monoisotopic (exact) mass is 288 g/mol. The van der Waals surface area contributed by atoms with Crippen molar-refractivity contribution in [2.45, 2.75) is 13.5 Å². The van der Waals surface area contributed by atoms with Crippen molar-refractivity contribution in [1.29, 1.82) is 0 Å². The van der Waals surface area contributed by atoms with Gasteiger partial charge in [-0.3, -0.25) is 10.1 Å². The van der Waals surface area contributed by atoms with Crippen molar-refractivity contribution in [3.63, 3.8) is 0 Å². The van der Waals surface area contributed by atoms with Crippen molar-refractivity contribution in [2.75, 3.05) is 7.11 Å². The third-order valence-corrected chi connectivity index (χ3v) is 3.07. The maximum absolute atomic E-state index is 11.1. The predicted molar refractivity (Wildman–Crippen MR) is 78.8 cm³/mol. The summed E-state index contributed by atoms with van der Waals surface area (Å²) in [5.74, 6) is 1.16. The topological polar surface area (TPSA) is 87.6 Å². The van der Waals surface area contributed by atoms with Crippen LogP contribution in [0.15, 0.2) is 36.4 Å². The third-order valence-electron chi connectivity index (χ3n) is 3.07. The number of ether oxygens (including phenoxy) is 2. The van der Waals surface area contributed by atoms with E-state index in [2.05, 4.69) is 0 Å². The van der Waals surface area contributed by atoms with Crippen molar-refractivity contribution in [1.82, 2.24) is 0 Å². The molecular formula is C15H16N2O4. The smallest absolute Gasteiger partial charge is 0.311 e. The number of hydrogen-bond donors (Lipinski definition) is 1. The maximum Gasteiger partial charge on any atom is 0.311 e. The van der Waals surface area contributed by atoms with Gasteiger partial charge >= 0.3 is 5.69 Å². The largest absolute Gasteiger partial charge is 0.497 e. The lowest BCUT2D eigenvalue weighted by molar-refractivity contribution is -0.385. The SMILES string of the molecule is COc1ccc([N+](=O)[O-])c(Oc2cc(CN)ccc2C)c1. The molecule has 0 heterocycles. The zero-order valence-corrected chi connectivity index (χ0v) is 11.8. The van der Waals surface area contributed by atoms with Crippen molar-refractivity contribution in [3.8, 4) is 17.2 Å². The second kappa shape index (κ2) is 6.23. The van der Waals surface area contributed by atoms with E-state index >= 15 is 0 Å². The summed E-state index contributed by atoms with van der Waals surface area (Å²) in [5, 5.41) is 11.1. The van der Waals surface area contributed by atoms with Gasteiger partial charge in [-0.25, -0.2) is 0 Å².